The summed E-state index contributed by atoms with van der Waals surface area (Å²) in [7, 11) is 0. The van der Waals surface area contributed by atoms with Crippen LogP contribution in [-0.4, -0.2) is 11.8 Å². The molecule has 282 valence electrons. The molecule has 0 atom stereocenters. The Morgan fingerprint density at radius 2 is 0.864 bits per heavy atom. The number of benzene rings is 10. The molecule has 0 aliphatic rings. The predicted octanol–water partition coefficient (Wildman–Crippen LogP) is 12.9. The molecule has 0 heterocycles. The van der Waals surface area contributed by atoms with Crippen LogP contribution in [0.15, 0.2) is 188 Å². The molecule has 10 aromatic carbocycles. The monoisotopic (exact) mass is 757 g/mol. The summed E-state index contributed by atoms with van der Waals surface area (Å²) >= 11 is 0. The van der Waals surface area contributed by atoms with Crippen molar-refractivity contribution in [2.45, 2.75) is 27.7 Å². The van der Waals surface area contributed by atoms with E-state index in [0.717, 1.165) is 39.0 Å². The highest BCUT2D eigenvalue weighted by Gasteiger charge is 2.27. The molecule has 0 radical (unpaired) electrons. The first-order valence-corrected chi connectivity index (χ1v) is 20.5. The number of hydrogen-bond acceptors (Lipinski definition) is 2. The maximum Gasteiger partial charge on any atom is 0.242 e. The van der Waals surface area contributed by atoms with Crippen molar-refractivity contribution < 1.29 is 5.11 Å². The molecule has 10 aromatic rings. The van der Waals surface area contributed by atoms with Gasteiger partial charge in [-0.25, -0.2) is 0 Å². The van der Waals surface area contributed by atoms with Crippen molar-refractivity contribution in [3.63, 3.8) is 0 Å². The number of para-hydroxylation sites is 1. The number of nitrogens with zero attached hydrogens (tertiary/aromatic N) is 1. The molecule has 10 rings (SSSR count). The van der Waals surface area contributed by atoms with Gasteiger partial charge in [0, 0.05) is 28.7 Å². The Labute approximate surface area is 346 Å². The molecule has 0 fully saturated rings. The van der Waals surface area contributed by atoms with E-state index in [2.05, 4.69) is 209 Å². The van der Waals surface area contributed by atoms with Crippen molar-refractivity contribution in [2.24, 2.45) is 0 Å². The molecule has 0 spiro atoms. The van der Waals surface area contributed by atoms with E-state index in [1.54, 1.807) is 0 Å². The average Bonchev–Trinajstić information content (AvgIpc) is 3.23. The fourth-order valence-corrected chi connectivity index (χ4v) is 9.57. The van der Waals surface area contributed by atoms with Crippen molar-refractivity contribution in [1.82, 2.24) is 0 Å². The van der Waals surface area contributed by atoms with Crippen molar-refractivity contribution in [2.75, 3.05) is 4.90 Å². The number of phenolic OH excluding ortho intramolecular Hbond substituents is 1. The largest absolute Gasteiger partial charge is 0.507 e. The molecule has 0 aliphatic carbocycles. The van der Waals surface area contributed by atoms with Gasteiger partial charge in [-0.05, 0) is 119 Å². The van der Waals surface area contributed by atoms with Crippen LogP contribution in [0, 0.1) is 27.7 Å². The number of hydrogen-bond donors (Lipinski definition) is 1. The van der Waals surface area contributed by atoms with E-state index in [9.17, 15) is 5.11 Å². The zero-order chi connectivity index (χ0) is 40.2. The van der Waals surface area contributed by atoms with Crippen LogP contribution in [0.3, 0.4) is 0 Å². The third-order valence-electron chi connectivity index (χ3n) is 11.9. The van der Waals surface area contributed by atoms with E-state index >= 15 is 0 Å². The van der Waals surface area contributed by atoms with Crippen molar-refractivity contribution in [3.8, 4) is 16.9 Å². The van der Waals surface area contributed by atoms with Gasteiger partial charge in [-0.3, -0.25) is 0 Å². The van der Waals surface area contributed by atoms with Crippen LogP contribution in [0.4, 0.5) is 17.1 Å². The normalized spacial score (nSPS) is 11.5. The lowest BCUT2D eigenvalue weighted by Gasteiger charge is -2.26. The predicted molar refractivity (Wildman–Crippen MR) is 255 cm³/mol. The molecule has 2 nitrogen and oxygen atoms in total. The van der Waals surface area contributed by atoms with Gasteiger partial charge in [-0.2, -0.15) is 0 Å². The number of fused-ring (bicyclic) bond motifs is 6. The third kappa shape index (κ3) is 6.59. The highest BCUT2D eigenvalue weighted by atomic mass is 16.3. The van der Waals surface area contributed by atoms with Crippen molar-refractivity contribution >= 4 is 83.3 Å². The van der Waals surface area contributed by atoms with E-state index in [1.165, 1.54) is 71.0 Å². The second-order valence-corrected chi connectivity index (χ2v) is 16.3. The fraction of sp³-hybridized carbons (Fsp3) is 0.0714. The minimum Gasteiger partial charge on any atom is -0.507 e. The summed E-state index contributed by atoms with van der Waals surface area (Å²) in [6.07, 6.45) is 0. The number of rotatable bonds is 7. The Morgan fingerprint density at radius 1 is 0.356 bits per heavy atom. The van der Waals surface area contributed by atoms with E-state index in [1.807, 2.05) is 12.1 Å². The van der Waals surface area contributed by atoms with Gasteiger partial charge in [0.2, 0.25) is 6.71 Å². The number of aryl methyl sites for hydroxylation is 4. The Balaban J connectivity index is 1.18. The van der Waals surface area contributed by atoms with Gasteiger partial charge >= 0.3 is 0 Å². The number of phenols is 1. The average molecular weight is 758 g/mol. The fourth-order valence-electron chi connectivity index (χ4n) is 9.57. The van der Waals surface area contributed by atoms with E-state index in [0.29, 0.717) is 0 Å². The molecule has 0 unspecified atom stereocenters. The Morgan fingerprint density at radius 3 is 1.51 bits per heavy atom. The van der Waals surface area contributed by atoms with Gasteiger partial charge < -0.3 is 10.0 Å². The molecule has 59 heavy (non-hydrogen) atoms. The summed E-state index contributed by atoms with van der Waals surface area (Å²) in [6.45, 7) is 8.84. The second kappa shape index (κ2) is 14.7. The van der Waals surface area contributed by atoms with Crippen molar-refractivity contribution in [1.29, 1.82) is 0 Å². The van der Waals surface area contributed by atoms with Crippen LogP contribution >= 0.6 is 0 Å². The Kier molecular flexibility index (Phi) is 9.03. The number of anilines is 3. The summed E-state index contributed by atoms with van der Waals surface area (Å²) < 4.78 is 0. The van der Waals surface area contributed by atoms with Crippen LogP contribution in [0.25, 0.3) is 54.2 Å². The highest BCUT2D eigenvalue weighted by Crippen LogP contribution is 2.44. The lowest BCUT2D eigenvalue weighted by molar-refractivity contribution is 0.477. The summed E-state index contributed by atoms with van der Waals surface area (Å²) in [5.74, 6) is 0.236. The van der Waals surface area contributed by atoms with E-state index in [4.69, 9.17) is 0 Å². The molecule has 0 bridgehead atoms. The summed E-state index contributed by atoms with van der Waals surface area (Å²) in [4.78, 5) is 2.21. The van der Waals surface area contributed by atoms with Crippen LogP contribution in [0.1, 0.15) is 22.3 Å². The molecule has 0 amide bonds. The lowest BCUT2D eigenvalue weighted by Crippen LogP contribution is -2.52. The summed E-state index contributed by atoms with van der Waals surface area (Å²) in [5, 5.41) is 21.6. The Hall–Kier alpha value is -7.10. The van der Waals surface area contributed by atoms with E-state index < -0.39 is 0 Å². The highest BCUT2D eigenvalue weighted by molar-refractivity contribution is 6.97. The van der Waals surface area contributed by atoms with Crippen LogP contribution in [0.2, 0.25) is 0 Å². The topological polar surface area (TPSA) is 23.5 Å². The zero-order valence-electron chi connectivity index (χ0n) is 33.9. The summed E-state index contributed by atoms with van der Waals surface area (Å²) in [6, 6.07) is 67.8. The van der Waals surface area contributed by atoms with Crippen LogP contribution < -0.4 is 21.3 Å². The van der Waals surface area contributed by atoms with Gasteiger partial charge in [-0.1, -0.05) is 178 Å². The van der Waals surface area contributed by atoms with Gasteiger partial charge in [0.1, 0.15) is 5.75 Å². The van der Waals surface area contributed by atoms with Crippen LogP contribution in [0.5, 0.6) is 5.75 Å². The molecule has 0 saturated carbocycles. The standard InChI is InChI=1S/C56H44BNO/c1-36-26-37(2)29-42(28-36)57(43-30-38(3)27-39(4)31-43)55-35-54-48-19-11-10-18-47(48)52(34-53(54)49-20-12-13-21-50(49)55)51-25-24-46(33-56(51)59)58(44-16-6-5-7-17-44)45-23-22-40-14-8-9-15-41(40)32-45/h5-35,59H,1-4H3. The molecular weight excluding hydrogens is 713 g/mol. The minimum absolute atomic E-state index is 0.0340. The molecular formula is C56H44BNO. The first kappa shape index (κ1) is 36.3. The molecule has 0 saturated heterocycles. The van der Waals surface area contributed by atoms with Gasteiger partial charge in [0.25, 0.3) is 0 Å². The molecule has 0 aromatic heterocycles. The SMILES string of the molecule is Cc1cc(C)cc(B(c2cc(C)cc(C)c2)c2cc3c4ccccc4c(-c4ccc(N(c5ccccc5)c5ccc6ccccc6c5)cc4O)cc3c3ccccc23)c1. The lowest BCUT2D eigenvalue weighted by atomic mass is 9.36. The second-order valence-electron chi connectivity index (χ2n) is 16.3. The first-order chi connectivity index (χ1) is 28.8. The maximum atomic E-state index is 12.1. The number of aromatic hydroxyl groups is 1. The van der Waals surface area contributed by atoms with E-state index in [-0.39, 0.29) is 12.5 Å². The smallest absolute Gasteiger partial charge is 0.242 e. The van der Waals surface area contributed by atoms with Gasteiger partial charge in [-0.15, -0.1) is 0 Å². The third-order valence-corrected chi connectivity index (χ3v) is 11.9. The molecule has 0 aliphatic heterocycles. The van der Waals surface area contributed by atoms with Crippen LogP contribution in [-0.2, 0) is 0 Å². The van der Waals surface area contributed by atoms with Crippen molar-refractivity contribution in [3.05, 3.63) is 210 Å². The molecule has 3 heteroatoms. The maximum absolute atomic E-state index is 12.1. The Bertz CT molecular complexity index is 3150. The zero-order valence-corrected chi connectivity index (χ0v) is 33.9. The molecule has 1 N–H and O–H groups in total. The minimum atomic E-state index is 0.0340. The summed E-state index contributed by atoms with van der Waals surface area (Å²) in [5.41, 5.74) is 13.7. The van der Waals surface area contributed by atoms with Gasteiger partial charge in [0.05, 0.1) is 0 Å². The quantitative estimate of drug-likeness (QED) is 0.129. The van der Waals surface area contributed by atoms with Gasteiger partial charge in [0.15, 0.2) is 0 Å². The first-order valence-electron chi connectivity index (χ1n) is 20.5.